The van der Waals surface area contributed by atoms with Gasteiger partial charge in [-0.2, -0.15) is 10.2 Å². The smallest absolute Gasteiger partial charge is 0.409 e. The number of thioether (sulfide) groups is 1. The van der Waals surface area contributed by atoms with Gasteiger partial charge in [-0.05, 0) is 29.0 Å². The predicted octanol–water partition coefficient (Wildman–Crippen LogP) is 5.90. The Labute approximate surface area is 205 Å². The maximum absolute atomic E-state index is 16.3. The molecule has 3 heterocycles. The minimum absolute atomic E-state index is 0.00816. The highest BCUT2D eigenvalue weighted by atomic mass is 32.2. The molecule has 8 nitrogen and oxygen atoms in total. The SMILES string of the molecule is CCSc1nc(OC)c2c3c(c(-c4c(F)ccc5sc(NC(=O)O)c(C#N)c45)c(F)c2n1)COC3. The molecule has 5 rings (SSSR count). The lowest BCUT2D eigenvalue weighted by Crippen LogP contribution is -2.07. The van der Waals surface area contributed by atoms with Crippen molar-refractivity contribution in [2.24, 2.45) is 0 Å². The number of benzene rings is 2. The number of aromatic nitrogens is 2. The minimum atomic E-state index is -1.37. The summed E-state index contributed by atoms with van der Waals surface area (Å²) in [4.78, 5) is 20.0. The van der Waals surface area contributed by atoms with Crippen molar-refractivity contribution in [3.05, 3.63) is 40.5 Å². The van der Waals surface area contributed by atoms with E-state index in [4.69, 9.17) is 14.6 Å². The van der Waals surface area contributed by atoms with Gasteiger partial charge in [0.2, 0.25) is 5.88 Å². The number of methoxy groups -OCH3 is 1. The Balaban J connectivity index is 1.93. The van der Waals surface area contributed by atoms with E-state index in [1.807, 2.05) is 13.0 Å². The molecule has 0 aliphatic carbocycles. The number of nitrogens with one attached hydrogen (secondary N) is 1. The van der Waals surface area contributed by atoms with Crippen molar-refractivity contribution in [2.75, 3.05) is 18.2 Å². The van der Waals surface area contributed by atoms with E-state index in [-0.39, 0.29) is 51.7 Å². The topological polar surface area (TPSA) is 117 Å². The Morgan fingerprint density at radius 1 is 1.29 bits per heavy atom. The summed E-state index contributed by atoms with van der Waals surface area (Å²) in [7, 11) is 1.43. The molecule has 35 heavy (non-hydrogen) atoms. The monoisotopic (exact) mass is 514 g/mol. The van der Waals surface area contributed by atoms with E-state index < -0.39 is 17.7 Å². The zero-order valence-electron chi connectivity index (χ0n) is 18.4. The molecule has 0 unspecified atom stereocenters. The second-order valence-corrected chi connectivity index (χ2v) is 9.74. The molecule has 178 valence electrons. The van der Waals surface area contributed by atoms with Gasteiger partial charge in [-0.3, -0.25) is 5.32 Å². The first-order valence-electron chi connectivity index (χ1n) is 10.3. The van der Waals surface area contributed by atoms with Crippen molar-refractivity contribution in [3.63, 3.8) is 0 Å². The zero-order chi connectivity index (χ0) is 24.9. The highest BCUT2D eigenvalue weighted by Gasteiger charge is 2.32. The average molecular weight is 515 g/mol. The second-order valence-electron chi connectivity index (χ2n) is 7.45. The average Bonchev–Trinajstić information content (AvgIpc) is 3.44. The van der Waals surface area contributed by atoms with Gasteiger partial charge >= 0.3 is 6.09 Å². The number of carboxylic acid groups (broad SMARTS) is 1. The summed E-state index contributed by atoms with van der Waals surface area (Å²) in [5.74, 6) is -0.717. The lowest BCUT2D eigenvalue weighted by atomic mass is 9.90. The summed E-state index contributed by atoms with van der Waals surface area (Å²) in [6.07, 6.45) is -1.37. The number of carbonyl (C=O) groups is 1. The Morgan fingerprint density at radius 3 is 2.74 bits per heavy atom. The van der Waals surface area contributed by atoms with E-state index in [2.05, 4.69) is 15.3 Å². The molecule has 0 bridgehead atoms. The quantitative estimate of drug-likeness (QED) is 0.250. The van der Waals surface area contributed by atoms with Crippen molar-refractivity contribution in [3.8, 4) is 23.1 Å². The molecule has 1 amide bonds. The normalized spacial score (nSPS) is 12.7. The first-order chi connectivity index (χ1) is 16.9. The summed E-state index contributed by atoms with van der Waals surface area (Å²) in [6.45, 7) is 2.04. The van der Waals surface area contributed by atoms with Crippen molar-refractivity contribution >= 4 is 55.2 Å². The molecule has 0 radical (unpaired) electrons. The number of ether oxygens (including phenoxy) is 2. The van der Waals surface area contributed by atoms with Gasteiger partial charge in [0, 0.05) is 21.2 Å². The van der Waals surface area contributed by atoms with Gasteiger partial charge in [0.1, 0.15) is 22.4 Å². The van der Waals surface area contributed by atoms with Crippen LogP contribution in [0.15, 0.2) is 17.3 Å². The first kappa shape index (κ1) is 23.2. The molecule has 0 saturated carbocycles. The predicted molar refractivity (Wildman–Crippen MR) is 128 cm³/mol. The zero-order valence-corrected chi connectivity index (χ0v) is 20.0. The number of nitrogens with zero attached hydrogens (tertiary/aromatic N) is 3. The fourth-order valence-corrected chi connectivity index (χ4v) is 5.89. The van der Waals surface area contributed by atoms with E-state index in [0.29, 0.717) is 32.1 Å². The number of thiophene rings is 1. The summed E-state index contributed by atoms with van der Waals surface area (Å²) < 4.78 is 43.3. The largest absolute Gasteiger partial charge is 0.480 e. The molecular formula is C23H16F2N4O4S2. The van der Waals surface area contributed by atoms with Crippen LogP contribution in [0.25, 0.3) is 32.1 Å². The van der Waals surface area contributed by atoms with E-state index >= 15 is 8.78 Å². The Kier molecular flexibility index (Phi) is 5.92. The molecule has 1 aliphatic rings. The Bertz CT molecular complexity index is 1580. The Hall–Kier alpha value is -3.53. The molecule has 1 aliphatic heterocycles. The third-order valence-corrected chi connectivity index (χ3v) is 7.40. The van der Waals surface area contributed by atoms with Crippen molar-refractivity contribution < 1.29 is 28.2 Å². The highest BCUT2D eigenvalue weighted by molar-refractivity contribution is 7.99. The van der Waals surface area contributed by atoms with Crippen LogP contribution < -0.4 is 10.1 Å². The van der Waals surface area contributed by atoms with Gasteiger partial charge in [0.25, 0.3) is 0 Å². The summed E-state index contributed by atoms with van der Waals surface area (Å²) >= 11 is 2.27. The second kappa shape index (κ2) is 8.92. The van der Waals surface area contributed by atoms with Gasteiger partial charge in [0.15, 0.2) is 11.0 Å². The van der Waals surface area contributed by atoms with Gasteiger partial charge in [-0.1, -0.05) is 18.7 Å². The summed E-state index contributed by atoms with van der Waals surface area (Å²) in [5.41, 5.74) is 0.643. The van der Waals surface area contributed by atoms with Crippen LogP contribution in [0.3, 0.4) is 0 Å². The van der Waals surface area contributed by atoms with Gasteiger partial charge in [0.05, 0.1) is 31.3 Å². The molecule has 0 spiro atoms. The summed E-state index contributed by atoms with van der Waals surface area (Å²) in [5, 5.41) is 22.0. The molecule has 0 atom stereocenters. The van der Waals surface area contributed by atoms with Crippen LogP contribution in [-0.4, -0.2) is 34.0 Å². The van der Waals surface area contributed by atoms with Crippen LogP contribution >= 0.6 is 23.1 Å². The van der Waals surface area contributed by atoms with Crippen molar-refractivity contribution in [1.82, 2.24) is 9.97 Å². The molecule has 2 aromatic heterocycles. The molecule has 2 aromatic carbocycles. The number of rotatable bonds is 5. The van der Waals surface area contributed by atoms with Crippen molar-refractivity contribution in [1.29, 1.82) is 5.26 Å². The lowest BCUT2D eigenvalue weighted by Gasteiger charge is -2.16. The van der Waals surface area contributed by atoms with Crippen LogP contribution in [0.4, 0.5) is 18.6 Å². The van der Waals surface area contributed by atoms with Crippen LogP contribution in [0, 0.1) is 23.0 Å². The number of hydrogen-bond acceptors (Lipinski definition) is 8. The molecule has 12 heteroatoms. The van der Waals surface area contributed by atoms with E-state index in [0.717, 1.165) is 11.3 Å². The molecular weight excluding hydrogens is 498 g/mol. The number of anilines is 1. The lowest BCUT2D eigenvalue weighted by molar-refractivity contribution is 0.135. The molecule has 0 saturated heterocycles. The highest BCUT2D eigenvalue weighted by Crippen LogP contribution is 2.48. The number of amides is 1. The Morgan fingerprint density at radius 2 is 2.06 bits per heavy atom. The molecule has 4 aromatic rings. The molecule has 0 fully saturated rings. The van der Waals surface area contributed by atoms with E-state index in [9.17, 15) is 10.1 Å². The summed E-state index contributed by atoms with van der Waals surface area (Å²) in [6, 6.07) is 4.55. The minimum Gasteiger partial charge on any atom is -0.480 e. The maximum Gasteiger partial charge on any atom is 0.409 e. The van der Waals surface area contributed by atoms with Gasteiger partial charge < -0.3 is 14.6 Å². The fraction of sp³-hybridized carbons (Fsp3) is 0.217. The van der Waals surface area contributed by atoms with Gasteiger partial charge in [-0.25, -0.2) is 18.6 Å². The van der Waals surface area contributed by atoms with E-state index in [1.54, 1.807) is 0 Å². The number of fused-ring (bicyclic) bond motifs is 4. The number of halogens is 2. The fourth-order valence-electron chi connectivity index (χ4n) is 4.28. The van der Waals surface area contributed by atoms with Crippen LogP contribution in [0.1, 0.15) is 23.6 Å². The third-order valence-electron chi connectivity index (χ3n) is 5.60. The van der Waals surface area contributed by atoms with E-state index in [1.165, 1.54) is 31.0 Å². The van der Waals surface area contributed by atoms with Crippen LogP contribution in [0.5, 0.6) is 5.88 Å². The number of hydrogen-bond donors (Lipinski definition) is 2. The standard InChI is InChI=1S/C23H16F2N4O4S2/c1-3-34-22-27-19-16(20(28-22)32-2)11-8-33-7-10(11)15(18(19)25)17-12(24)4-5-13-14(17)9(6-26)21(35-13)29-23(30)31/h4-5,29H,3,7-8H2,1-2H3,(H,30,31). The first-order valence-corrected chi connectivity index (χ1v) is 12.1. The van der Waals surface area contributed by atoms with Crippen LogP contribution in [0.2, 0.25) is 0 Å². The maximum atomic E-state index is 16.3. The molecule has 2 N–H and O–H groups in total. The van der Waals surface area contributed by atoms with Crippen LogP contribution in [-0.2, 0) is 18.0 Å². The number of nitriles is 1. The third kappa shape index (κ3) is 3.63. The van der Waals surface area contributed by atoms with Crippen molar-refractivity contribution in [2.45, 2.75) is 25.3 Å². The van der Waals surface area contributed by atoms with Gasteiger partial charge in [-0.15, -0.1) is 11.3 Å².